The SMILES string of the molecule is COCOc1cc(O)c2c(/C=C/B3OC(C)(C)C(C)(C)O3)c(F)ccc2c1. The first-order chi connectivity index (χ1) is 12.6. The third-order valence-electron chi connectivity index (χ3n) is 5.09. The van der Waals surface area contributed by atoms with Gasteiger partial charge in [-0.2, -0.15) is 0 Å². The van der Waals surface area contributed by atoms with E-state index >= 15 is 0 Å². The molecule has 144 valence electrons. The third kappa shape index (κ3) is 3.81. The van der Waals surface area contributed by atoms with Crippen LogP contribution in [0.1, 0.15) is 33.3 Å². The van der Waals surface area contributed by atoms with Crippen molar-refractivity contribution in [3.8, 4) is 11.5 Å². The molecule has 1 heterocycles. The van der Waals surface area contributed by atoms with Crippen LogP contribution in [-0.4, -0.2) is 37.3 Å². The van der Waals surface area contributed by atoms with E-state index in [1.165, 1.54) is 19.2 Å². The fourth-order valence-electron chi connectivity index (χ4n) is 2.93. The number of hydrogen-bond donors (Lipinski definition) is 1. The van der Waals surface area contributed by atoms with E-state index < -0.39 is 24.1 Å². The van der Waals surface area contributed by atoms with Crippen LogP contribution in [-0.2, 0) is 14.0 Å². The van der Waals surface area contributed by atoms with Crippen LogP contribution >= 0.6 is 0 Å². The van der Waals surface area contributed by atoms with Crippen LogP contribution in [0.25, 0.3) is 16.8 Å². The lowest BCUT2D eigenvalue weighted by Gasteiger charge is -2.32. The minimum absolute atomic E-state index is 0.0564. The zero-order chi connectivity index (χ0) is 19.8. The van der Waals surface area contributed by atoms with Crippen molar-refractivity contribution in [1.29, 1.82) is 0 Å². The molecule has 1 fully saturated rings. The lowest BCUT2D eigenvalue weighted by molar-refractivity contribution is 0.00578. The van der Waals surface area contributed by atoms with Gasteiger partial charge in [0.1, 0.15) is 17.3 Å². The molecule has 1 N–H and O–H groups in total. The van der Waals surface area contributed by atoms with Crippen molar-refractivity contribution in [2.75, 3.05) is 13.9 Å². The Morgan fingerprint density at radius 2 is 1.81 bits per heavy atom. The molecule has 0 aliphatic carbocycles. The van der Waals surface area contributed by atoms with Crippen LogP contribution < -0.4 is 4.74 Å². The highest BCUT2D eigenvalue weighted by Gasteiger charge is 2.50. The van der Waals surface area contributed by atoms with Gasteiger partial charge in [-0.1, -0.05) is 18.1 Å². The summed E-state index contributed by atoms with van der Waals surface area (Å²) in [5, 5.41) is 11.5. The normalized spacial score (nSPS) is 18.5. The van der Waals surface area contributed by atoms with E-state index in [9.17, 15) is 9.50 Å². The maximum Gasteiger partial charge on any atom is 0.487 e. The molecule has 27 heavy (non-hydrogen) atoms. The van der Waals surface area contributed by atoms with Crippen molar-refractivity contribution in [2.24, 2.45) is 0 Å². The molecule has 3 rings (SSSR count). The predicted octanol–water partition coefficient (Wildman–Crippen LogP) is 4.31. The fourth-order valence-corrected chi connectivity index (χ4v) is 2.93. The number of methoxy groups -OCH3 is 1. The van der Waals surface area contributed by atoms with Crippen molar-refractivity contribution in [3.05, 3.63) is 41.6 Å². The van der Waals surface area contributed by atoms with Gasteiger partial charge >= 0.3 is 7.12 Å². The predicted molar refractivity (Wildman–Crippen MR) is 103 cm³/mol. The second-order valence-electron chi connectivity index (χ2n) is 7.54. The third-order valence-corrected chi connectivity index (χ3v) is 5.09. The second-order valence-corrected chi connectivity index (χ2v) is 7.54. The summed E-state index contributed by atoms with van der Waals surface area (Å²) in [6, 6.07) is 6.11. The fraction of sp³-hybridized carbons (Fsp3) is 0.400. The molecule has 0 spiro atoms. The molecular formula is C20H24BFO5. The van der Waals surface area contributed by atoms with Crippen LogP contribution in [0.15, 0.2) is 30.2 Å². The van der Waals surface area contributed by atoms with E-state index in [0.29, 0.717) is 16.5 Å². The topological polar surface area (TPSA) is 57.2 Å². The van der Waals surface area contributed by atoms with Crippen LogP contribution in [0.4, 0.5) is 4.39 Å². The zero-order valence-electron chi connectivity index (χ0n) is 16.2. The highest BCUT2D eigenvalue weighted by Crippen LogP contribution is 2.38. The quantitative estimate of drug-likeness (QED) is 0.624. The second kappa shape index (κ2) is 7.15. The largest absolute Gasteiger partial charge is 0.507 e. The van der Waals surface area contributed by atoms with Gasteiger partial charge in [-0.15, -0.1) is 0 Å². The van der Waals surface area contributed by atoms with Gasteiger partial charge in [-0.05, 0) is 45.2 Å². The van der Waals surface area contributed by atoms with E-state index in [0.717, 1.165) is 0 Å². The summed E-state index contributed by atoms with van der Waals surface area (Å²) in [4.78, 5) is 0. The van der Waals surface area contributed by atoms with Gasteiger partial charge in [0.15, 0.2) is 6.79 Å². The molecule has 2 aromatic carbocycles. The first kappa shape index (κ1) is 19.7. The molecule has 7 heteroatoms. The molecule has 0 bridgehead atoms. The van der Waals surface area contributed by atoms with E-state index in [1.807, 2.05) is 27.7 Å². The average molecular weight is 374 g/mol. The van der Waals surface area contributed by atoms with E-state index in [1.54, 1.807) is 24.2 Å². The van der Waals surface area contributed by atoms with Gasteiger partial charge in [-0.25, -0.2) is 4.39 Å². The number of benzene rings is 2. The number of aromatic hydroxyl groups is 1. The van der Waals surface area contributed by atoms with E-state index in [4.69, 9.17) is 18.8 Å². The van der Waals surface area contributed by atoms with Gasteiger partial charge in [0.2, 0.25) is 0 Å². The van der Waals surface area contributed by atoms with Crippen LogP contribution in [0, 0.1) is 5.82 Å². The summed E-state index contributed by atoms with van der Waals surface area (Å²) < 4.78 is 36.5. The molecule has 0 unspecified atom stereocenters. The number of hydrogen-bond acceptors (Lipinski definition) is 5. The Labute approximate surface area is 158 Å². The summed E-state index contributed by atoms with van der Waals surface area (Å²) in [7, 11) is 0.908. The minimum atomic E-state index is -0.601. The van der Waals surface area contributed by atoms with Crippen molar-refractivity contribution in [3.63, 3.8) is 0 Å². The van der Waals surface area contributed by atoms with Crippen LogP contribution in [0.5, 0.6) is 11.5 Å². The van der Waals surface area contributed by atoms with Gasteiger partial charge in [0.05, 0.1) is 11.2 Å². The van der Waals surface area contributed by atoms with Crippen molar-refractivity contribution < 1.29 is 28.3 Å². The molecule has 0 saturated carbocycles. The van der Waals surface area contributed by atoms with Crippen LogP contribution in [0.2, 0.25) is 0 Å². The number of fused-ring (bicyclic) bond motifs is 1. The molecule has 2 aromatic rings. The Balaban J connectivity index is 1.96. The Kier molecular flexibility index (Phi) is 5.21. The molecule has 0 amide bonds. The number of phenolic OH excluding ortho intramolecular Hbond substituents is 1. The number of ether oxygens (including phenoxy) is 2. The van der Waals surface area contributed by atoms with Crippen molar-refractivity contribution in [1.82, 2.24) is 0 Å². The lowest BCUT2D eigenvalue weighted by atomic mass is 9.88. The molecule has 0 radical (unpaired) electrons. The molecule has 0 atom stereocenters. The van der Waals surface area contributed by atoms with Crippen LogP contribution in [0.3, 0.4) is 0 Å². The first-order valence-electron chi connectivity index (χ1n) is 8.75. The van der Waals surface area contributed by atoms with Crippen molar-refractivity contribution in [2.45, 2.75) is 38.9 Å². The van der Waals surface area contributed by atoms with Crippen molar-refractivity contribution >= 4 is 24.0 Å². The Morgan fingerprint density at radius 1 is 1.15 bits per heavy atom. The minimum Gasteiger partial charge on any atom is -0.507 e. The number of phenols is 1. The molecule has 1 saturated heterocycles. The Hall–Kier alpha value is -2.09. The molecule has 0 aromatic heterocycles. The molecule has 1 aliphatic heterocycles. The first-order valence-corrected chi connectivity index (χ1v) is 8.75. The summed E-state index contributed by atoms with van der Waals surface area (Å²) in [5.74, 6) is 1.57. The maximum absolute atomic E-state index is 14.5. The Bertz CT molecular complexity index is 862. The average Bonchev–Trinajstić information content (AvgIpc) is 2.79. The van der Waals surface area contributed by atoms with Gasteiger partial charge in [-0.3, -0.25) is 0 Å². The highest BCUT2D eigenvalue weighted by atomic mass is 19.1. The Morgan fingerprint density at radius 3 is 2.44 bits per heavy atom. The molecule has 5 nitrogen and oxygen atoms in total. The summed E-state index contributed by atoms with van der Waals surface area (Å²) in [6.45, 7) is 7.86. The monoisotopic (exact) mass is 374 g/mol. The van der Waals surface area contributed by atoms with E-state index in [-0.39, 0.29) is 18.1 Å². The summed E-state index contributed by atoms with van der Waals surface area (Å²) >= 11 is 0. The summed E-state index contributed by atoms with van der Waals surface area (Å²) in [6.07, 6.45) is 1.58. The standard InChI is InChI=1S/C20H24BFO5/c1-19(2)20(3,4)27-21(26-19)9-8-15-16(22)7-6-13-10-14(25-12-24-5)11-17(23)18(13)15/h6-11,23H,12H2,1-5H3/b9-8+. The smallest absolute Gasteiger partial charge is 0.487 e. The molecule has 1 aliphatic rings. The zero-order valence-corrected chi connectivity index (χ0v) is 16.2. The van der Waals surface area contributed by atoms with Gasteiger partial charge < -0.3 is 23.9 Å². The maximum atomic E-state index is 14.5. The number of rotatable bonds is 5. The number of halogens is 1. The van der Waals surface area contributed by atoms with E-state index in [2.05, 4.69) is 0 Å². The van der Waals surface area contributed by atoms with Gasteiger partial charge in [0.25, 0.3) is 0 Å². The summed E-state index contributed by atoms with van der Waals surface area (Å²) in [5.41, 5.74) is -0.692. The molecular weight excluding hydrogens is 350 g/mol. The highest BCUT2D eigenvalue weighted by molar-refractivity contribution is 6.52. The van der Waals surface area contributed by atoms with Gasteiger partial charge in [0, 0.05) is 24.1 Å². The lowest BCUT2D eigenvalue weighted by Crippen LogP contribution is -2.41.